The fourth-order valence-electron chi connectivity index (χ4n) is 3.83. The van der Waals surface area contributed by atoms with E-state index in [9.17, 15) is 5.26 Å². The van der Waals surface area contributed by atoms with Crippen LogP contribution in [0.25, 0.3) is 17.0 Å². The van der Waals surface area contributed by atoms with Gasteiger partial charge in [-0.1, -0.05) is 42.5 Å². The summed E-state index contributed by atoms with van der Waals surface area (Å²) >= 11 is 3.65. The number of fused-ring (bicyclic) bond motifs is 1. The monoisotopic (exact) mass is 464 g/mol. The normalized spacial score (nSPS) is 15.6. The quantitative estimate of drug-likeness (QED) is 0.513. The first-order chi connectivity index (χ1) is 14.7. The maximum atomic E-state index is 9.57. The second kappa shape index (κ2) is 9.46. The molecule has 0 amide bonds. The zero-order chi connectivity index (χ0) is 20.9. The van der Waals surface area contributed by atoms with E-state index in [1.165, 1.54) is 5.56 Å². The zero-order valence-electron chi connectivity index (χ0n) is 17.1. The molecule has 1 saturated heterocycles. The van der Waals surface area contributed by atoms with E-state index in [4.69, 9.17) is 4.42 Å². The van der Waals surface area contributed by atoms with E-state index in [1.54, 1.807) is 6.20 Å². The summed E-state index contributed by atoms with van der Waals surface area (Å²) in [5.41, 5.74) is 2.76. The molecule has 0 saturated carbocycles. The molecule has 3 heterocycles. The van der Waals surface area contributed by atoms with Crippen LogP contribution in [0.5, 0.6) is 0 Å². The number of piperidine rings is 1. The summed E-state index contributed by atoms with van der Waals surface area (Å²) in [4.78, 5) is 6.97. The Kier molecular flexibility index (Phi) is 6.51. The van der Waals surface area contributed by atoms with Gasteiger partial charge in [0.1, 0.15) is 16.4 Å². The number of furan rings is 1. The maximum Gasteiger partial charge on any atom is 0.212 e. The van der Waals surface area contributed by atoms with Gasteiger partial charge >= 0.3 is 0 Å². The van der Waals surface area contributed by atoms with Crippen LogP contribution in [-0.4, -0.2) is 36.1 Å². The van der Waals surface area contributed by atoms with Gasteiger partial charge in [0.05, 0.1) is 0 Å². The van der Waals surface area contributed by atoms with Gasteiger partial charge in [-0.15, -0.1) is 0 Å². The summed E-state index contributed by atoms with van der Waals surface area (Å²) in [6, 6.07) is 13.0. The van der Waals surface area contributed by atoms with Crippen molar-refractivity contribution >= 4 is 38.8 Å². The molecule has 1 N–H and O–H groups in total. The fraction of sp³-hybridized carbons (Fsp3) is 0.333. The lowest BCUT2D eigenvalue weighted by Gasteiger charge is -2.30. The molecule has 1 aliphatic heterocycles. The van der Waals surface area contributed by atoms with E-state index in [0.29, 0.717) is 17.4 Å². The summed E-state index contributed by atoms with van der Waals surface area (Å²) < 4.78 is 6.67. The maximum absolute atomic E-state index is 9.57. The first-order valence-corrected chi connectivity index (χ1v) is 11.1. The second-order valence-electron chi connectivity index (χ2n) is 7.77. The number of aromatic nitrogens is 1. The van der Waals surface area contributed by atoms with E-state index in [-0.39, 0.29) is 0 Å². The molecular weight excluding hydrogens is 440 g/mol. The molecular formula is C24H25BrN4O. The highest BCUT2D eigenvalue weighted by Crippen LogP contribution is 2.36. The Hall–Kier alpha value is -2.62. The first kappa shape index (κ1) is 20.6. The van der Waals surface area contributed by atoms with Crippen LogP contribution >= 0.6 is 15.9 Å². The van der Waals surface area contributed by atoms with Crippen molar-refractivity contribution in [2.24, 2.45) is 0 Å². The molecule has 0 aliphatic carbocycles. The van der Waals surface area contributed by atoms with Crippen LogP contribution in [0.2, 0.25) is 0 Å². The molecule has 154 valence electrons. The average Bonchev–Trinajstić information content (AvgIpc) is 3.14. The number of benzene rings is 1. The predicted octanol–water partition coefficient (Wildman–Crippen LogP) is 5.61. The van der Waals surface area contributed by atoms with Crippen LogP contribution in [0.15, 0.2) is 51.5 Å². The van der Waals surface area contributed by atoms with E-state index in [1.807, 2.05) is 12.1 Å². The number of hydrogen-bond acceptors (Lipinski definition) is 5. The predicted molar refractivity (Wildman–Crippen MR) is 124 cm³/mol. The van der Waals surface area contributed by atoms with Crippen molar-refractivity contribution in [2.45, 2.75) is 31.7 Å². The number of nitrogens with zero attached hydrogens (tertiary/aromatic N) is 3. The number of nitrogens with one attached hydrogen (secondary N) is 1. The van der Waals surface area contributed by atoms with Gasteiger partial charge in [-0.3, -0.25) is 0 Å². The van der Waals surface area contributed by atoms with Gasteiger partial charge in [0.25, 0.3) is 0 Å². The van der Waals surface area contributed by atoms with Gasteiger partial charge in [0, 0.05) is 23.2 Å². The van der Waals surface area contributed by atoms with Crippen LogP contribution in [0.1, 0.15) is 36.1 Å². The van der Waals surface area contributed by atoms with Crippen LogP contribution in [-0.2, 0) is 6.42 Å². The number of nitriles is 1. The summed E-state index contributed by atoms with van der Waals surface area (Å²) in [7, 11) is 2.15. The SMILES string of the molecule is CN1CCC(Nc2ncc3c(/C=C/CCc4ccccc4)c(C#N)oc3c2Br)CC1. The van der Waals surface area contributed by atoms with E-state index in [2.05, 4.69) is 74.6 Å². The van der Waals surface area contributed by atoms with Crippen molar-refractivity contribution in [3.63, 3.8) is 0 Å². The number of rotatable bonds is 6. The third-order valence-electron chi connectivity index (χ3n) is 5.60. The first-order valence-electron chi connectivity index (χ1n) is 10.3. The molecule has 0 radical (unpaired) electrons. The molecule has 0 bridgehead atoms. The Balaban J connectivity index is 1.53. The smallest absolute Gasteiger partial charge is 0.212 e. The Morgan fingerprint density at radius 1 is 1.30 bits per heavy atom. The highest BCUT2D eigenvalue weighted by molar-refractivity contribution is 9.10. The minimum atomic E-state index is 0.319. The third-order valence-corrected chi connectivity index (χ3v) is 6.34. The molecule has 2 aromatic heterocycles. The molecule has 1 aliphatic rings. The zero-order valence-corrected chi connectivity index (χ0v) is 18.7. The molecule has 0 unspecified atom stereocenters. The molecule has 1 fully saturated rings. The summed E-state index contributed by atoms with van der Waals surface area (Å²) in [6.07, 6.45) is 9.90. The number of pyridine rings is 1. The minimum Gasteiger partial charge on any atom is -0.444 e. The van der Waals surface area contributed by atoms with Crippen molar-refractivity contribution in [1.82, 2.24) is 9.88 Å². The van der Waals surface area contributed by atoms with Crippen LogP contribution in [0.3, 0.4) is 0 Å². The van der Waals surface area contributed by atoms with Crippen molar-refractivity contribution in [3.05, 3.63) is 64.0 Å². The lowest BCUT2D eigenvalue weighted by molar-refractivity contribution is 0.263. The Morgan fingerprint density at radius 2 is 2.07 bits per heavy atom. The largest absolute Gasteiger partial charge is 0.444 e. The molecule has 3 aromatic rings. The van der Waals surface area contributed by atoms with Crippen molar-refractivity contribution in [1.29, 1.82) is 5.26 Å². The molecule has 5 nitrogen and oxygen atoms in total. The molecule has 30 heavy (non-hydrogen) atoms. The molecule has 1 aromatic carbocycles. The van der Waals surface area contributed by atoms with Crippen molar-refractivity contribution < 1.29 is 4.42 Å². The number of allylic oxidation sites excluding steroid dienone is 1. The molecule has 0 spiro atoms. The lowest BCUT2D eigenvalue weighted by Crippen LogP contribution is -2.36. The highest BCUT2D eigenvalue weighted by Gasteiger charge is 2.21. The van der Waals surface area contributed by atoms with E-state index >= 15 is 0 Å². The van der Waals surface area contributed by atoms with Gasteiger partial charge in [-0.05, 0) is 67.3 Å². The fourth-order valence-corrected chi connectivity index (χ4v) is 4.34. The topological polar surface area (TPSA) is 65.1 Å². The van der Waals surface area contributed by atoms with Crippen molar-refractivity contribution in [3.8, 4) is 6.07 Å². The number of hydrogen-bond donors (Lipinski definition) is 1. The van der Waals surface area contributed by atoms with E-state index in [0.717, 1.165) is 60.0 Å². The van der Waals surface area contributed by atoms with Crippen molar-refractivity contribution in [2.75, 3.05) is 25.5 Å². The number of anilines is 1. The Labute approximate surface area is 185 Å². The van der Waals surface area contributed by atoms with Gasteiger partial charge in [0.2, 0.25) is 5.76 Å². The van der Waals surface area contributed by atoms with Crippen LogP contribution in [0.4, 0.5) is 5.82 Å². The minimum absolute atomic E-state index is 0.319. The number of halogens is 1. The number of aryl methyl sites for hydroxylation is 1. The number of likely N-dealkylation sites (tertiary alicyclic amines) is 1. The molecule has 0 atom stereocenters. The standard InChI is InChI=1S/C24H25BrN4O/c1-29-13-11-18(12-14-29)28-24-22(25)23-20(16-27-24)19(21(15-26)30-23)10-6-5-9-17-7-3-2-4-8-17/h2-4,6-8,10,16,18H,5,9,11-14H2,1H3,(H,27,28)/b10-6+. The Morgan fingerprint density at radius 3 is 2.80 bits per heavy atom. The average molecular weight is 465 g/mol. The van der Waals surface area contributed by atoms with Gasteiger partial charge in [0.15, 0.2) is 5.58 Å². The van der Waals surface area contributed by atoms with E-state index < -0.39 is 0 Å². The lowest BCUT2D eigenvalue weighted by atomic mass is 10.1. The summed E-state index contributed by atoms with van der Waals surface area (Å²) in [5.74, 6) is 1.09. The second-order valence-corrected chi connectivity index (χ2v) is 8.56. The third kappa shape index (κ3) is 4.58. The molecule has 4 rings (SSSR count). The highest BCUT2D eigenvalue weighted by atomic mass is 79.9. The van der Waals surface area contributed by atoms with Gasteiger partial charge in [-0.25, -0.2) is 4.98 Å². The van der Waals surface area contributed by atoms with Gasteiger partial charge < -0.3 is 14.6 Å². The van der Waals surface area contributed by atoms with Crippen LogP contribution in [0, 0.1) is 11.3 Å². The van der Waals surface area contributed by atoms with Gasteiger partial charge in [-0.2, -0.15) is 5.26 Å². The summed E-state index contributed by atoms with van der Waals surface area (Å²) in [6.45, 7) is 2.16. The summed E-state index contributed by atoms with van der Waals surface area (Å²) in [5, 5.41) is 14.0. The van der Waals surface area contributed by atoms with Crippen LogP contribution < -0.4 is 5.32 Å². The molecule has 6 heteroatoms. The Bertz CT molecular complexity index is 1080.